The molecule has 3 heterocycles. The SMILES string of the molecule is O=C(C[C@@H]1SC(N2CCOCC2)=NC1=O)Nc1ccc2c(c1)OCO2. The van der Waals surface area contributed by atoms with Crippen molar-refractivity contribution in [3.63, 3.8) is 0 Å². The number of hydrogen-bond acceptors (Lipinski definition) is 7. The second-order valence-corrected chi connectivity index (χ2v) is 6.93. The van der Waals surface area contributed by atoms with Gasteiger partial charge in [0.05, 0.1) is 13.2 Å². The number of amides is 2. The van der Waals surface area contributed by atoms with E-state index in [0.29, 0.717) is 35.6 Å². The van der Waals surface area contributed by atoms with Crippen LogP contribution in [0.3, 0.4) is 0 Å². The van der Waals surface area contributed by atoms with Gasteiger partial charge in [-0.25, -0.2) is 0 Å². The number of benzene rings is 1. The van der Waals surface area contributed by atoms with Crippen LogP contribution in [0.5, 0.6) is 11.5 Å². The lowest BCUT2D eigenvalue weighted by Crippen LogP contribution is -2.39. The number of nitrogens with one attached hydrogen (secondary N) is 1. The molecule has 3 aliphatic rings. The highest BCUT2D eigenvalue weighted by Gasteiger charge is 2.33. The van der Waals surface area contributed by atoms with Crippen LogP contribution >= 0.6 is 11.8 Å². The maximum absolute atomic E-state index is 12.3. The van der Waals surface area contributed by atoms with Gasteiger partial charge in [-0.15, -0.1) is 0 Å². The minimum Gasteiger partial charge on any atom is -0.454 e. The molecule has 0 aliphatic carbocycles. The van der Waals surface area contributed by atoms with Crippen LogP contribution in [-0.2, 0) is 14.3 Å². The van der Waals surface area contributed by atoms with Crippen molar-refractivity contribution in [2.45, 2.75) is 11.7 Å². The zero-order valence-corrected chi connectivity index (χ0v) is 14.2. The number of carbonyl (C=O) groups is 2. The lowest BCUT2D eigenvalue weighted by molar-refractivity contribution is -0.121. The Morgan fingerprint density at radius 2 is 2.08 bits per heavy atom. The third-order valence-corrected chi connectivity index (χ3v) is 5.25. The molecule has 1 fully saturated rings. The van der Waals surface area contributed by atoms with Gasteiger partial charge < -0.3 is 24.4 Å². The van der Waals surface area contributed by atoms with E-state index in [1.807, 2.05) is 4.90 Å². The largest absolute Gasteiger partial charge is 0.454 e. The zero-order chi connectivity index (χ0) is 17.2. The molecule has 9 heteroatoms. The number of fused-ring (bicyclic) bond motifs is 1. The minimum atomic E-state index is -0.480. The van der Waals surface area contributed by atoms with Gasteiger partial charge in [0.15, 0.2) is 16.7 Å². The Balaban J connectivity index is 1.33. The smallest absolute Gasteiger partial charge is 0.262 e. The first-order chi connectivity index (χ1) is 12.2. The molecule has 4 rings (SSSR count). The predicted molar refractivity (Wildman–Crippen MR) is 92.0 cm³/mol. The van der Waals surface area contributed by atoms with Crippen LogP contribution in [0.25, 0.3) is 0 Å². The number of amidine groups is 1. The minimum absolute atomic E-state index is 0.0787. The summed E-state index contributed by atoms with van der Waals surface area (Å²) >= 11 is 1.35. The highest BCUT2D eigenvalue weighted by molar-refractivity contribution is 8.15. The van der Waals surface area contributed by atoms with Crippen molar-refractivity contribution >= 4 is 34.4 Å². The number of anilines is 1. The van der Waals surface area contributed by atoms with E-state index in [-0.39, 0.29) is 25.0 Å². The molecule has 2 amide bonds. The van der Waals surface area contributed by atoms with Crippen molar-refractivity contribution < 1.29 is 23.8 Å². The Hall–Kier alpha value is -2.26. The molecule has 0 unspecified atom stereocenters. The van der Waals surface area contributed by atoms with Crippen molar-refractivity contribution in [2.75, 3.05) is 38.4 Å². The molecule has 0 spiro atoms. The summed E-state index contributed by atoms with van der Waals surface area (Å²) in [6, 6.07) is 5.19. The molecule has 132 valence electrons. The third kappa shape index (κ3) is 3.57. The van der Waals surface area contributed by atoms with E-state index in [9.17, 15) is 9.59 Å². The fourth-order valence-corrected chi connectivity index (χ4v) is 3.87. The van der Waals surface area contributed by atoms with E-state index in [1.54, 1.807) is 18.2 Å². The number of rotatable bonds is 3. The maximum Gasteiger partial charge on any atom is 0.262 e. The second-order valence-electron chi connectivity index (χ2n) is 5.76. The Morgan fingerprint density at radius 1 is 1.28 bits per heavy atom. The summed E-state index contributed by atoms with van der Waals surface area (Å²) < 4.78 is 15.8. The molecule has 25 heavy (non-hydrogen) atoms. The number of thioether (sulfide) groups is 1. The van der Waals surface area contributed by atoms with Crippen molar-refractivity contribution in [3.05, 3.63) is 18.2 Å². The van der Waals surface area contributed by atoms with Crippen molar-refractivity contribution in [3.8, 4) is 11.5 Å². The van der Waals surface area contributed by atoms with Crippen molar-refractivity contribution in [1.29, 1.82) is 0 Å². The standard InChI is InChI=1S/C16H17N3O5S/c20-14(17-10-1-2-11-12(7-10)24-9-23-11)8-13-15(21)18-16(25-13)19-3-5-22-6-4-19/h1-2,7,13H,3-6,8-9H2,(H,17,20)/t13-/m0/s1. The first-order valence-electron chi connectivity index (χ1n) is 8.00. The van der Waals surface area contributed by atoms with Crippen LogP contribution in [-0.4, -0.2) is 60.2 Å². The van der Waals surface area contributed by atoms with Gasteiger partial charge in [0.2, 0.25) is 12.7 Å². The molecule has 1 aromatic carbocycles. The molecule has 0 saturated carbocycles. The van der Waals surface area contributed by atoms with Gasteiger partial charge in [0, 0.05) is 31.3 Å². The monoisotopic (exact) mass is 363 g/mol. The summed E-state index contributed by atoms with van der Waals surface area (Å²) in [5.41, 5.74) is 0.610. The highest BCUT2D eigenvalue weighted by atomic mass is 32.2. The average Bonchev–Trinajstić information content (AvgIpc) is 3.22. The van der Waals surface area contributed by atoms with E-state index in [2.05, 4.69) is 10.3 Å². The molecular formula is C16H17N3O5S. The van der Waals surface area contributed by atoms with E-state index in [0.717, 1.165) is 13.1 Å². The molecular weight excluding hydrogens is 346 g/mol. The lowest BCUT2D eigenvalue weighted by Gasteiger charge is -2.27. The molecule has 1 aromatic rings. The summed E-state index contributed by atoms with van der Waals surface area (Å²) in [6.07, 6.45) is 0.0787. The number of hydrogen-bond donors (Lipinski definition) is 1. The van der Waals surface area contributed by atoms with Gasteiger partial charge in [-0.2, -0.15) is 4.99 Å². The van der Waals surface area contributed by atoms with Gasteiger partial charge in [-0.3, -0.25) is 9.59 Å². The van der Waals surface area contributed by atoms with Crippen LogP contribution in [0.1, 0.15) is 6.42 Å². The molecule has 0 aromatic heterocycles. The summed E-state index contributed by atoms with van der Waals surface area (Å²) in [6.45, 7) is 2.87. The maximum atomic E-state index is 12.3. The number of aliphatic imine (C=N–C) groups is 1. The number of morpholine rings is 1. The fourth-order valence-electron chi connectivity index (χ4n) is 2.75. The number of carbonyl (C=O) groups excluding carboxylic acids is 2. The molecule has 0 bridgehead atoms. The molecule has 1 atom stereocenters. The van der Waals surface area contributed by atoms with Gasteiger partial charge in [-0.1, -0.05) is 11.8 Å². The van der Waals surface area contributed by atoms with E-state index < -0.39 is 5.25 Å². The Kier molecular flexibility index (Phi) is 4.50. The Bertz CT molecular complexity index is 732. The van der Waals surface area contributed by atoms with Crippen molar-refractivity contribution in [2.24, 2.45) is 4.99 Å². The molecule has 1 saturated heterocycles. The van der Waals surface area contributed by atoms with Crippen LogP contribution in [0.15, 0.2) is 23.2 Å². The average molecular weight is 363 g/mol. The van der Waals surface area contributed by atoms with Crippen LogP contribution in [0, 0.1) is 0 Å². The third-order valence-electron chi connectivity index (χ3n) is 4.04. The summed E-state index contributed by atoms with van der Waals surface area (Å²) in [4.78, 5) is 30.5. The first-order valence-corrected chi connectivity index (χ1v) is 8.88. The van der Waals surface area contributed by atoms with E-state index in [4.69, 9.17) is 14.2 Å². The fraction of sp³-hybridized carbons (Fsp3) is 0.438. The van der Waals surface area contributed by atoms with E-state index in [1.165, 1.54) is 11.8 Å². The van der Waals surface area contributed by atoms with Crippen LogP contribution in [0.2, 0.25) is 0 Å². The van der Waals surface area contributed by atoms with Crippen LogP contribution in [0.4, 0.5) is 5.69 Å². The Labute approximate surface area is 148 Å². The number of ether oxygens (including phenoxy) is 3. The zero-order valence-electron chi connectivity index (χ0n) is 13.4. The Morgan fingerprint density at radius 3 is 2.92 bits per heavy atom. The summed E-state index contributed by atoms with van der Waals surface area (Å²) in [5, 5.41) is 3.00. The normalized spacial score (nSPS) is 22.1. The summed E-state index contributed by atoms with van der Waals surface area (Å²) in [5.74, 6) is 0.764. The predicted octanol–water partition coefficient (Wildman–Crippen LogP) is 1.07. The number of nitrogens with zero attached hydrogens (tertiary/aromatic N) is 2. The second kappa shape index (κ2) is 6.93. The van der Waals surface area contributed by atoms with Gasteiger partial charge in [-0.05, 0) is 12.1 Å². The summed E-state index contributed by atoms with van der Waals surface area (Å²) in [7, 11) is 0. The van der Waals surface area contributed by atoms with Gasteiger partial charge in [0.1, 0.15) is 5.25 Å². The topological polar surface area (TPSA) is 89.5 Å². The molecule has 8 nitrogen and oxygen atoms in total. The lowest BCUT2D eigenvalue weighted by atomic mass is 10.2. The van der Waals surface area contributed by atoms with Crippen LogP contribution < -0.4 is 14.8 Å². The highest BCUT2D eigenvalue weighted by Crippen LogP contribution is 2.34. The van der Waals surface area contributed by atoms with Gasteiger partial charge >= 0.3 is 0 Å². The van der Waals surface area contributed by atoms with E-state index >= 15 is 0 Å². The molecule has 1 N–H and O–H groups in total. The molecule has 0 radical (unpaired) electrons. The molecule has 3 aliphatic heterocycles. The first kappa shape index (κ1) is 16.2. The van der Waals surface area contributed by atoms with Gasteiger partial charge in [0.25, 0.3) is 5.91 Å². The van der Waals surface area contributed by atoms with Crippen molar-refractivity contribution in [1.82, 2.24) is 4.90 Å². The quantitative estimate of drug-likeness (QED) is 0.859.